The number of anilines is 2. The molecule has 1 saturated carbocycles. The van der Waals surface area contributed by atoms with Gasteiger partial charge in [-0.25, -0.2) is 9.97 Å². The van der Waals surface area contributed by atoms with Crippen LogP contribution in [0.2, 0.25) is 0 Å². The molecule has 2 heterocycles. The fourth-order valence-electron chi connectivity index (χ4n) is 5.74. The number of carbonyl (C=O) groups excluding carboxylic acids is 2. The number of benzene rings is 1. The first kappa shape index (κ1) is 30.5. The van der Waals surface area contributed by atoms with Crippen LogP contribution in [0.5, 0.6) is 5.75 Å². The summed E-state index contributed by atoms with van der Waals surface area (Å²) in [6.07, 6.45) is 1.21. The summed E-state index contributed by atoms with van der Waals surface area (Å²) in [6.45, 7) is 6.42. The second-order valence-corrected chi connectivity index (χ2v) is 10.8. The number of alkyl halides is 3. The van der Waals surface area contributed by atoms with Crippen LogP contribution in [-0.2, 0) is 17.4 Å². The monoisotopic (exact) mass is 576 g/mol. The molecule has 0 radical (unpaired) electrons. The molecule has 2 fully saturated rings. The smallest absolute Gasteiger partial charge is 0.419 e. The molecule has 1 aliphatic carbocycles. The highest BCUT2D eigenvalue weighted by Crippen LogP contribution is 2.36. The van der Waals surface area contributed by atoms with Crippen LogP contribution in [0.1, 0.15) is 74.0 Å². The number of ether oxygens (including phenoxy) is 1. The fourth-order valence-corrected chi connectivity index (χ4v) is 5.74. The summed E-state index contributed by atoms with van der Waals surface area (Å²) in [5.74, 6) is -0.259. The van der Waals surface area contributed by atoms with Gasteiger partial charge in [0.25, 0.3) is 5.91 Å². The Morgan fingerprint density at radius 3 is 2.49 bits per heavy atom. The summed E-state index contributed by atoms with van der Waals surface area (Å²) < 4.78 is 47.1. The van der Waals surface area contributed by atoms with E-state index in [4.69, 9.17) is 4.74 Å². The summed E-state index contributed by atoms with van der Waals surface area (Å²) in [7, 11) is 1.45. The van der Waals surface area contributed by atoms with Crippen molar-refractivity contribution in [1.29, 1.82) is 0 Å². The van der Waals surface area contributed by atoms with Crippen molar-refractivity contribution < 1.29 is 27.5 Å². The molecule has 224 valence electrons. The van der Waals surface area contributed by atoms with Crippen LogP contribution in [0.4, 0.5) is 24.8 Å². The molecule has 12 heteroatoms. The Bertz CT molecular complexity index is 1220. The third-order valence-electron chi connectivity index (χ3n) is 8.01. The number of amides is 2. The Morgan fingerprint density at radius 2 is 1.83 bits per heavy atom. The maximum Gasteiger partial charge on any atom is 0.419 e. The van der Waals surface area contributed by atoms with E-state index in [1.165, 1.54) is 14.0 Å². The molecule has 1 aliphatic heterocycles. The molecule has 2 amide bonds. The highest BCUT2D eigenvalue weighted by molar-refractivity contribution is 5.95. The Labute approximate surface area is 238 Å². The number of likely N-dealkylation sites (tertiary alicyclic amines) is 1. The van der Waals surface area contributed by atoms with E-state index >= 15 is 0 Å². The topological polar surface area (TPSA) is 108 Å². The molecule has 1 saturated heterocycles. The van der Waals surface area contributed by atoms with Crippen molar-refractivity contribution in [2.45, 2.75) is 77.1 Å². The second kappa shape index (κ2) is 13.5. The summed E-state index contributed by atoms with van der Waals surface area (Å²) in [4.78, 5) is 35.1. The molecular formula is C29H39F3N6O3. The number of carbonyl (C=O) groups is 2. The van der Waals surface area contributed by atoms with Crippen LogP contribution < -0.4 is 20.7 Å². The predicted molar refractivity (Wildman–Crippen MR) is 149 cm³/mol. The van der Waals surface area contributed by atoms with Gasteiger partial charge in [0.1, 0.15) is 5.75 Å². The number of nitrogens with one attached hydrogen (secondary N) is 3. The first-order chi connectivity index (χ1) is 19.6. The zero-order chi connectivity index (χ0) is 29.6. The van der Waals surface area contributed by atoms with Crippen LogP contribution in [0.3, 0.4) is 0 Å². The van der Waals surface area contributed by atoms with Crippen LogP contribution in [-0.4, -0.2) is 65.5 Å². The number of nitrogens with zero attached hydrogens (tertiary/aromatic N) is 3. The van der Waals surface area contributed by atoms with Gasteiger partial charge in [0.15, 0.2) is 0 Å². The van der Waals surface area contributed by atoms with Gasteiger partial charge in [-0.2, -0.15) is 13.2 Å². The lowest BCUT2D eigenvalue weighted by atomic mass is 9.81. The maximum absolute atomic E-state index is 13.9. The number of methoxy groups -OCH3 is 1. The van der Waals surface area contributed by atoms with Crippen molar-refractivity contribution in [3.8, 4) is 5.75 Å². The number of rotatable bonds is 9. The zero-order valence-corrected chi connectivity index (χ0v) is 23.8. The largest absolute Gasteiger partial charge is 0.495 e. The van der Waals surface area contributed by atoms with Crippen molar-refractivity contribution in [2.75, 3.05) is 32.1 Å². The Morgan fingerprint density at radius 1 is 1.10 bits per heavy atom. The summed E-state index contributed by atoms with van der Waals surface area (Å²) in [5.41, 5.74) is -0.180. The molecule has 2 atom stereocenters. The van der Waals surface area contributed by atoms with Gasteiger partial charge in [0.05, 0.1) is 24.1 Å². The molecule has 4 rings (SSSR count). The second-order valence-electron chi connectivity index (χ2n) is 10.8. The van der Waals surface area contributed by atoms with Crippen molar-refractivity contribution in [1.82, 2.24) is 25.5 Å². The van der Waals surface area contributed by atoms with Gasteiger partial charge in [0, 0.05) is 43.9 Å². The summed E-state index contributed by atoms with van der Waals surface area (Å²) >= 11 is 0. The minimum atomic E-state index is -4.62. The number of hydrogen-bond donors (Lipinski definition) is 3. The van der Waals surface area contributed by atoms with Gasteiger partial charge in [-0.3, -0.25) is 9.59 Å². The Kier molecular flexibility index (Phi) is 10.1. The van der Waals surface area contributed by atoms with E-state index in [1.807, 2.05) is 0 Å². The summed E-state index contributed by atoms with van der Waals surface area (Å²) in [5, 5.41) is 8.94. The normalized spacial score (nSPS) is 20.3. The van der Waals surface area contributed by atoms with Crippen LogP contribution >= 0.6 is 0 Å². The van der Waals surface area contributed by atoms with Crippen molar-refractivity contribution in [3.05, 3.63) is 41.2 Å². The van der Waals surface area contributed by atoms with Gasteiger partial charge >= 0.3 is 6.18 Å². The first-order valence-corrected chi connectivity index (χ1v) is 14.3. The van der Waals surface area contributed by atoms with Crippen LogP contribution in [0, 0.1) is 5.92 Å². The molecule has 1 aromatic carbocycles. The molecule has 0 bridgehead atoms. The van der Waals surface area contributed by atoms with E-state index in [1.54, 1.807) is 18.2 Å². The van der Waals surface area contributed by atoms with Gasteiger partial charge < -0.3 is 25.6 Å². The van der Waals surface area contributed by atoms with E-state index < -0.39 is 11.7 Å². The predicted octanol–water partition coefficient (Wildman–Crippen LogP) is 4.70. The Balaban J connectivity index is 1.51. The first-order valence-electron chi connectivity index (χ1n) is 14.3. The number of aromatic nitrogens is 2. The minimum Gasteiger partial charge on any atom is -0.495 e. The number of piperidine rings is 1. The molecule has 9 nitrogen and oxygen atoms in total. The molecule has 2 aliphatic rings. The SMILES string of the molecule is CCN1CCC(NC(=O)c2ccc(Nc3ncc(C(F)(F)F)c(C[C@H]4CCCC[C@@H]4NC(C)=O)n3)c(OC)c2)CC1. The fraction of sp³-hybridized carbons (Fsp3) is 0.586. The average Bonchev–Trinajstić information content (AvgIpc) is 2.94. The van der Waals surface area contributed by atoms with Crippen molar-refractivity contribution >= 4 is 23.5 Å². The molecule has 0 spiro atoms. The summed E-state index contributed by atoms with van der Waals surface area (Å²) in [6, 6.07) is 4.74. The molecule has 2 aromatic rings. The minimum absolute atomic E-state index is 0.0157. The van der Waals surface area contributed by atoms with Gasteiger partial charge in [-0.15, -0.1) is 0 Å². The molecule has 41 heavy (non-hydrogen) atoms. The third-order valence-corrected chi connectivity index (χ3v) is 8.01. The lowest BCUT2D eigenvalue weighted by Crippen LogP contribution is -2.44. The molecule has 3 N–H and O–H groups in total. The number of halogens is 3. The molecule has 0 unspecified atom stereocenters. The molecular weight excluding hydrogens is 537 g/mol. The maximum atomic E-state index is 13.9. The highest BCUT2D eigenvalue weighted by atomic mass is 19.4. The van der Waals surface area contributed by atoms with E-state index in [0.717, 1.165) is 57.9 Å². The lowest BCUT2D eigenvalue weighted by molar-refractivity contribution is -0.139. The average molecular weight is 577 g/mol. The van der Waals surface area contributed by atoms with Crippen molar-refractivity contribution in [3.63, 3.8) is 0 Å². The Hall–Kier alpha value is -3.41. The van der Waals surface area contributed by atoms with Crippen LogP contribution in [0.25, 0.3) is 0 Å². The molecule has 1 aromatic heterocycles. The van der Waals surface area contributed by atoms with E-state index in [2.05, 4.69) is 37.7 Å². The van der Waals surface area contributed by atoms with E-state index in [-0.39, 0.29) is 47.9 Å². The standard InChI is InChI=1S/C29H39F3N6O3/c1-4-38-13-11-21(12-14-38)35-27(40)20-9-10-24(26(16-20)41-3)36-28-33-17-22(29(30,31)32)25(37-28)15-19-7-5-6-8-23(19)34-18(2)39/h9-10,16-17,19,21,23H,4-8,11-15H2,1-3H3,(H,34,39)(H,35,40)(H,33,36,37)/t19-,23+/m1/s1. The van der Waals surface area contributed by atoms with Gasteiger partial charge in [-0.05, 0) is 62.8 Å². The van der Waals surface area contributed by atoms with Gasteiger partial charge in [-0.1, -0.05) is 19.8 Å². The lowest BCUT2D eigenvalue weighted by Gasteiger charge is -2.32. The van der Waals surface area contributed by atoms with Crippen molar-refractivity contribution in [2.24, 2.45) is 5.92 Å². The third kappa shape index (κ3) is 8.08. The van der Waals surface area contributed by atoms with E-state index in [0.29, 0.717) is 23.4 Å². The highest BCUT2D eigenvalue weighted by Gasteiger charge is 2.37. The number of hydrogen-bond acceptors (Lipinski definition) is 7. The zero-order valence-electron chi connectivity index (χ0n) is 23.8. The van der Waals surface area contributed by atoms with Crippen LogP contribution in [0.15, 0.2) is 24.4 Å². The van der Waals surface area contributed by atoms with Gasteiger partial charge in [0.2, 0.25) is 11.9 Å². The quantitative estimate of drug-likeness (QED) is 0.397. The van der Waals surface area contributed by atoms with E-state index in [9.17, 15) is 22.8 Å².